The first kappa shape index (κ1) is 14.5. The Hall–Kier alpha value is -0.870. The van der Waals surface area contributed by atoms with E-state index in [1.54, 1.807) is 0 Å². The summed E-state index contributed by atoms with van der Waals surface area (Å²) in [6, 6.07) is 5.09. The smallest absolute Gasteiger partial charge is 0.234 e. The molecule has 0 radical (unpaired) electrons. The average Bonchev–Trinajstić information content (AvgIpc) is 2.99. The van der Waals surface area contributed by atoms with E-state index in [2.05, 4.69) is 36.6 Å². The van der Waals surface area contributed by atoms with Gasteiger partial charge in [0.15, 0.2) is 0 Å². The Morgan fingerprint density at radius 2 is 2.16 bits per heavy atom. The van der Waals surface area contributed by atoms with Gasteiger partial charge in [0.25, 0.3) is 0 Å². The van der Waals surface area contributed by atoms with E-state index >= 15 is 0 Å². The summed E-state index contributed by atoms with van der Waals surface area (Å²) in [5.74, 6) is 0.140. The predicted octanol–water partition coefficient (Wildman–Crippen LogP) is 2.64. The van der Waals surface area contributed by atoms with Crippen LogP contribution in [0.25, 0.3) is 0 Å². The van der Waals surface area contributed by atoms with Crippen LogP contribution in [0.5, 0.6) is 0 Å². The minimum Gasteiger partial charge on any atom is -0.352 e. The number of rotatable bonds is 6. The van der Waals surface area contributed by atoms with E-state index in [1.165, 1.54) is 22.6 Å². The number of carbonyl (C=O) groups excluding carboxylic acids is 1. The van der Waals surface area contributed by atoms with Crippen molar-refractivity contribution in [1.29, 1.82) is 0 Å². The molecule has 4 heteroatoms. The van der Waals surface area contributed by atoms with Crippen LogP contribution in [0.2, 0.25) is 0 Å². The zero-order valence-corrected chi connectivity index (χ0v) is 12.7. The van der Waals surface area contributed by atoms with Crippen LogP contribution >= 0.6 is 11.3 Å². The molecule has 0 aromatic carbocycles. The second-order valence-electron chi connectivity index (χ2n) is 5.55. The topological polar surface area (TPSA) is 41.1 Å². The summed E-state index contributed by atoms with van der Waals surface area (Å²) < 4.78 is 0. The number of carbonyl (C=O) groups is 1. The Labute approximate surface area is 119 Å². The first-order valence-corrected chi connectivity index (χ1v) is 8.03. The van der Waals surface area contributed by atoms with Crippen molar-refractivity contribution in [3.8, 4) is 0 Å². The Bertz CT molecular complexity index is 410. The standard InChI is InChI=1S/C15H24N2OS/c1-11(9-14-8-7-12(2)19-14)16-10-15(18)17-13-5-3-4-6-13/h7-8,11,13,16H,3-6,9-10H2,1-2H3,(H,17,18). The number of thiophene rings is 1. The van der Waals surface area contributed by atoms with E-state index in [4.69, 9.17) is 0 Å². The van der Waals surface area contributed by atoms with E-state index in [9.17, 15) is 4.79 Å². The highest BCUT2D eigenvalue weighted by atomic mass is 32.1. The van der Waals surface area contributed by atoms with Crippen LogP contribution in [0.15, 0.2) is 12.1 Å². The van der Waals surface area contributed by atoms with Gasteiger partial charge in [-0.1, -0.05) is 12.8 Å². The van der Waals surface area contributed by atoms with Gasteiger partial charge in [0.2, 0.25) is 5.91 Å². The van der Waals surface area contributed by atoms with Crippen LogP contribution in [0.3, 0.4) is 0 Å². The molecule has 0 saturated heterocycles. The summed E-state index contributed by atoms with van der Waals surface area (Å²) in [5, 5.41) is 6.41. The molecule has 1 fully saturated rings. The van der Waals surface area contributed by atoms with Crippen molar-refractivity contribution in [3.05, 3.63) is 21.9 Å². The first-order valence-electron chi connectivity index (χ1n) is 7.21. The van der Waals surface area contributed by atoms with E-state index in [0.717, 1.165) is 19.3 Å². The minimum atomic E-state index is 0.140. The van der Waals surface area contributed by atoms with Crippen LogP contribution in [-0.2, 0) is 11.2 Å². The van der Waals surface area contributed by atoms with Gasteiger partial charge in [0.1, 0.15) is 0 Å². The first-order chi connectivity index (χ1) is 9.13. The molecule has 1 aromatic rings. The van der Waals surface area contributed by atoms with Crippen molar-refractivity contribution < 1.29 is 4.79 Å². The maximum atomic E-state index is 11.8. The maximum absolute atomic E-state index is 11.8. The maximum Gasteiger partial charge on any atom is 0.234 e. The molecule has 1 aromatic heterocycles. The summed E-state index contributed by atoms with van der Waals surface area (Å²) in [6.07, 6.45) is 5.81. The summed E-state index contributed by atoms with van der Waals surface area (Å²) in [4.78, 5) is 14.5. The molecule has 0 bridgehead atoms. The van der Waals surface area contributed by atoms with Gasteiger partial charge in [0.05, 0.1) is 6.54 Å². The molecule has 1 atom stereocenters. The molecule has 2 N–H and O–H groups in total. The highest BCUT2D eigenvalue weighted by Gasteiger charge is 2.17. The SMILES string of the molecule is Cc1ccc(CC(C)NCC(=O)NC2CCCC2)s1. The van der Waals surface area contributed by atoms with E-state index < -0.39 is 0 Å². The van der Waals surface area contributed by atoms with Gasteiger partial charge < -0.3 is 10.6 Å². The van der Waals surface area contributed by atoms with E-state index in [0.29, 0.717) is 18.6 Å². The van der Waals surface area contributed by atoms with Gasteiger partial charge in [-0.25, -0.2) is 0 Å². The minimum absolute atomic E-state index is 0.140. The fraction of sp³-hybridized carbons (Fsp3) is 0.667. The van der Waals surface area contributed by atoms with Crippen LogP contribution in [0, 0.1) is 6.92 Å². The third-order valence-corrected chi connectivity index (χ3v) is 4.66. The fourth-order valence-corrected chi connectivity index (χ4v) is 3.60. The molecule has 1 aliphatic rings. The fourth-order valence-electron chi connectivity index (χ4n) is 2.58. The Balaban J connectivity index is 1.65. The molecule has 2 rings (SSSR count). The van der Waals surface area contributed by atoms with Crippen molar-refractivity contribution in [1.82, 2.24) is 10.6 Å². The lowest BCUT2D eigenvalue weighted by atomic mass is 10.2. The lowest BCUT2D eigenvalue weighted by Crippen LogP contribution is -2.42. The largest absolute Gasteiger partial charge is 0.352 e. The molecule has 1 saturated carbocycles. The molecule has 106 valence electrons. The highest BCUT2D eigenvalue weighted by Crippen LogP contribution is 2.18. The number of hydrogen-bond donors (Lipinski definition) is 2. The monoisotopic (exact) mass is 280 g/mol. The molecule has 3 nitrogen and oxygen atoms in total. The lowest BCUT2D eigenvalue weighted by Gasteiger charge is -2.15. The van der Waals surface area contributed by atoms with Crippen LogP contribution in [0.4, 0.5) is 0 Å². The van der Waals surface area contributed by atoms with E-state index in [1.807, 2.05) is 11.3 Å². The predicted molar refractivity (Wildman–Crippen MR) is 80.6 cm³/mol. The number of aryl methyl sites for hydroxylation is 1. The van der Waals surface area contributed by atoms with Crippen molar-refractivity contribution >= 4 is 17.2 Å². The summed E-state index contributed by atoms with van der Waals surface area (Å²) in [7, 11) is 0. The van der Waals surface area contributed by atoms with Crippen LogP contribution in [0.1, 0.15) is 42.4 Å². The van der Waals surface area contributed by atoms with E-state index in [-0.39, 0.29) is 5.91 Å². The van der Waals surface area contributed by atoms with Crippen LogP contribution in [-0.4, -0.2) is 24.5 Å². The third-order valence-electron chi connectivity index (χ3n) is 3.63. The lowest BCUT2D eigenvalue weighted by molar-refractivity contribution is -0.121. The van der Waals surface area contributed by atoms with Gasteiger partial charge in [-0.2, -0.15) is 0 Å². The van der Waals surface area contributed by atoms with Crippen molar-refractivity contribution in [2.24, 2.45) is 0 Å². The number of hydrogen-bond acceptors (Lipinski definition) is 3. The Morgan fingerprint density at radius 3 is 2.79 bits per heavy atom. The molecule has 19 heavy (non-hydrogen) atoms. The number of nitrogens with one attached hydrogen (secondary N) is 2. The molecule has 0 spiro atoms. The molecule has 1 heterocycles. The summed E-state index contributed by atoms with van der Waals surface area (Å²) >= 11 is 1.84. The van der Waals surface area contributed by atoms with Gasteiger partial charge in [-0.3, -0.25) is 4.79 Å². The summed E-state index contributed by atoms with van der Waals surface area (Å²) in [5.41, 5.74) is 0. The summed E-state index contributed by atoms with van der Waals surface area (Å²) in [6.45, 7) is 4.70. The molecule has 0 aliphatic heterocycles. The molecule has 1 amide bonds. The zero-order valence-electron chi connectivity index (χ0n) is 11.9. The average molecular weight is 280 g/mol. The van der Waals surface area contributed by atoms with Crippen molar-refractivity contribution in [2.45, 2.75) is 58.0 Å². The van der Waals surface area contributed by atoms with Gasteiger partial charge in [-0.15, -0.1) is 11.3 Å². The van der Waals surface area contributed by atoms with Gasteiger partial charge in [-0.05, 0) is 45.2 Å². The molecule has 1 unspecified atom stereocenters. The number of amides is 1. The highest BCUT2D eigenvalue weighted by molar-refractivity contribution is 7.11. The second kappa shape index (κ2) is 7.06. The zero-order chi connectivity index (χ0) is 13.7. The quantitative estimate of drug-likeness (QED) is 0.841. The molecular formula is C15H24N2OS. The Morgan fingerprint density at radius 1 is 1.42 bits per heavy atom. The van der Waals surface area contributed by atoms with Crippen molar-refractivity contribution in [3.63, 3.8) is 0 Å². The van der Waals surface area contributed by atoms with Gasteiger partial charge in [0, 0.05) is 21.8 Å². The van der Waals surface area contributed by atoms with Gasteiger partial charge >= 0.3 is 0 Å². The second-order valence-corrected chi connectivity index (χ2v) is 6.92. The third kappa shape index (κ3) is 4.96. The molecule has 1 aliphatic carbocycles. The Kier molecular flexibility index (Phi) is 5.40. The molecular weight excluding hydrogens is 256 g/mol. The normalized spacial score (nSPS) is 17.6. The van der Waals surface area contributed by atoms with Crippen LogP contribution < -0.4 is 10.6 Å². The van der Waals surface area contributed by atoms with Crippen molar-refractivity contribution in [2.75, 3.05) is 6.54 Å².